The van der Waals surface area contributed by atoms with Crippen molar-refractivity contribution in [3.05, 3.63) is 28.8 Å². The first-order valence-electron chi connectivity index (χ1n) is 4.65. The molecule has 3 heteroatoms. The zero-order chi connectivity index (χ0) is 10.2. The number of anilines is 1. The van der Waals surface area contributed by atoms with Crippen LogP contribution in [0.15, 0.2) is 18.2 Å². The summed E-state index contributed by atoms with van der Waals surface area (Å²) in [6, 6.07) is 7.76. The zero-order valence-electron chi connectivity index (χ0n) is 7.76. The summed E-state index contributed by atoms with van der Waals surface area (Å²) >= 11 is 5.81. The number of rotatable bonds is 1. The van der Waals surface area contributed by atoms with E-state index in [2.05, 4.69) is 6.07 Å². The average molecular weight is 207 g/mol. The Balaban J connectivity index is 2.46. The van der Waals surface area contributed by atoms with Gasteiger partial charge in [-0.25, -0.2) is 0 Å². The van der Waals surface area contributed by atoms with E-state index in [1.165, 1.54) is 0 Å². The number of nitrogens with zero attached hydrogens (tertiary/aromatic N) is 1. The van der Waals surface area contributed by atoms with E-state index < -0.39 is 0 Å². The van der Waals surface area contributed by atoms with Crippen LogP contribution in [0.25, 0.3) is 0 Å². The molecule has 1 aliphatic rings. The molecule has 0 aromatic heterocycles. The fourth-order valence-electron chi connectivity index (χ4n) is 1.94. The summed E-state index contributed by atoms with van der Waals surface area (Å²) in [5.41, 5.74) is 7.10. The van der Waals surface area contributed by atoms with Crippen molar-refractivity contribution in [3.8, 4) is 6.07 Å². The number of nitrogen functional groups attached to an aromatic ring is 1. The zero-order valence-corrected chi connectivity index (χ0v) is 8.51. The van der Waals surface area contributed by atoms with Gasteiger partial charge in [-0.1, -0.05) is 17.7 Å². The molecule has 2 nitrogen and oxygen atoms in total. The van der Waals surface area contributed by atoms with Crippen molar-refractivity contribution in [2.45, 2.75) is 24.7 Å². The van der Waals surface area contributed by atoms with Gasteiger partial charge in [0.25, 0.3) is 0 Å². The molecule has 0 saturated heterocycles. The van der Waals surface area contributed by atoms with E-state index in [0.29, 0.717) is 10.7 Å². The second-order valence-corrected chi connectivity index (χ2v) is 4.22. The highest BCUT2D eigenvalue weighted by atomic mass is 35.5. The molecule has 2 rings (SSSR count). The molecular formula is C11H11ClN2. The maximum absolute atomic E-state index is 9.15. The molecule has 72 valence electrons. The second kappa shape index (κ2) is 3.18. The van der Waals surface area contributed by atoms with Crippen LogP contribution >= 0.6 is 11.6 Å². The third kappa shape index (κ3) is 1.25. The van der Waals surface area contributed by atoms with Crippen LogP contribution in [0.5, 0.6) is 0 Å². The standard InChI is InChI=1S/C11H11ClN2/c12-8-2-3-9(10(14)6-8)11(7-13)4-1-5-11/h2-3,6H,1,4-5,14H2. The second-order valence-electron chi connectivity index (χ2n) is 3.78. The topological polar surface area (TPSA) is 49.8 Å². The largest absolute Gasteiger partial charge is 0.398 e. The van der Waals surface area contributed by atoms with Crippen molar-refractivity contribution >= 4 is 17.3 Å². The molecule has 0 atom stereocenters. The molecule has 0 spiro atoms. The lowest BCUT2D eigenvalue weighted by Crippen LogP contribution is -2.33. The Bertz CT molecular complexity index is 402. The van der Waals surface area contributed by atoms with E-state index in [-0.39, 0.29) is 5.41 Å². The van der Waals surface area contributed by atoms with Crippen LogP contribution in [0.1, 0.15) is 24.8 Å². The molecule has 14 heavy (non-hydrogen) atoms. The van der Waals surface area contributed by atoms with Crippen molar-refractivity contribution in [3.63, 3.8) is 0 Å². The minimum atomic E-state index is -0.339. The number of benzene rings is 1. The van der Waals surface area contributed by atoms with Gasteiger partial charge in [0.2, 0.25) is 0 Å². The fourth-order valence-corrected chi connectivity index (χ4v) is 2.12. The molecule has 0 aliphatic heterocycles. The Morgan fingerprint density at radius 1 is 1.43 bits per heavy atom. The maximum atomic E-state index is 9.15. The highest BCUT2D eigenvalue weighted by molar-refractivity contribution is 6.30. The molecule has 1 aliphatic carbocycles. The highest BCUT2D eigenvalue weighted by Gasteiger charge is 2.40. The summed E-state index contributed by atoms with van der Waals surface area (Å²) in [4.78, 5) is 0. The lowest BCUT2D eigenvalue weighted by molar-refractivity contribution is 0.325. The molecule has 0 heterocycles. The van der Waals surface area contributed by atoms with Gasteiger partial charge < -0.3 is 5.73 Å². The van der Waals surface area contributed by atoms with Crippen molar-refractivity contribution < 1.29 is 0 Å². The highest BCUT2D eigenvalue weighted by Crippen LogP contribution is 2.45. The molecule has 1 aromatic rings. The number of hydrogen-bond acceptors (Lipinski definition) is 2. The van der Waals surface area contributed by atoms with Crippen molar-refractivity contribution in [1.82, 2.24) is 0 Å². The van der Waals surface area contributed by atoms with Crippen LogP contribution in [-0.4, -0.2) is 0 Å². The van der Waals surface area contributed by atoms with Crippen LogP contribution in [0.4, 0.5) is 5.69 Å². The Labute approximate surface area is 88.3 Å². The van der Waals surface area contributed by atoms with Gasteiger partial charge in [-0.15, -0.1) is 0 Å². The summed E-state index contributed by atoms with van der Waals surface area (Å²) in [6.07, 6.45) is 2.93. The number of hydrogen-bond donors (Lipinski definition) is 1. The van der Waals surface area contributed by atoms with Crippen LogP contribution in [-0.2, 0) is 5.41 Å². The molecule has 1 aromatic carbocycles. The summed E-state index contributed by atoms with van der Waals surface area (Å²) in [5.74, 6) is 0. The van der Waals surface area contributed by atoms with Gasteiger partial charge >= 0.3 is 0 Å². The first kappa shape index (κ1) is 9.36. The van der Waals surface area contributed by atoms with Crippen LogP contribution in [0, 0.1) is 11.3 Å². The van der Waals surface area contributed by atoms with Crippen LogP contribution in [0.2, 0.25) is 5.02 Å². The fraction of sp³-hybridized carbons (Fsp3) is 0.364. The average Bonchev–Trinajstić information content (AvgIpc) is 2.07. The lowest BCUT2D eigenvalue weighted by atomic mass is 9.65. The minimum absolute atomic E-state index is 0.339. The Morgan fingerprint density at radius 3 is 2.57 bits per heavy atom. The van der Waals surface area contributed by atoms with E-state index >= 15 is 0 Å². The monoisotopic (exact) mass is 206 g/mol. The van der Waals surface area contributed by atoms with Crippen molar-refractivity contribution in [1.29, 1.82) is 5.26 Å². The Morgan fingerprint density at radius 2 is 2.14 bits per heavy atom. The molecule has 0 radical (unpaired) electrons. The van der Waals surface area contributed by atoms with Gasteiger partial charge in [0.15, 0.2) is 0 Å². The van der Waals surface area contributed by atoms with Crippen LogP contribution < -0.4 is 5.73 Å². The number of halogens is 1. The normalized spacial score (nSPS) is 18.3. The first-order valence-corrected chi connectivity index (χ1v) is 5.02. The van der Waals surface area contributed by atoms with Crippen LogP contribution in [0.3, 0.4) is 0 Å². The number of nitrogens with two attached hydrogens (primary N) is 1. The van der Waals surface area contributed by atoms with Gasteiger partial charge in [0.1, 0.15) is 0 Å². The van der Waals surface area contributed by atoms with Gasteiger partial charge in [-0.3, -0.25) is 0 Å². The van der Waals surface area contributed by atoms with E-state index in [1.807, 2.05) is 6.07 Å². The van der Waals surface area contributed by atoms with Crippen molar-refractivity contribution in [2.24, 2.45) is 0 Å². The molecular weight excluding hydrogens is 196 g/mol. The SMILES string of the molecule is N#CC1(c2ccc(Cl)cc2N)CCC1. The molecule has 0 amide bonds. The summed E-state index contributed by atoms with van der Waals surface area (Å²) < 4.78 is 0. The molecule has 0 unspecified atom stereocenters. The van der Waals surface area contributed by atoms with E-state index in [4.69, 9.17) is 22.6 Å². The van der Waals surface area contributed by atoms with Gasteiger partial charge in [0.05, 0.1) is 11.5 Å². The maximum Gasteiger partial charge on any atom is 0.0842 e. The quantitative estimate of drug-likeness (QED) is 0.719. The predicted molar refractivity (Wildman–Crippen MR) is 57.0 cm³/mol. The molecule has 1 fully saturated rings. The van der Waals surface area contributed by atoms with Crippen molar-refractivity contribution in [2.75, 3.05) is 5.73 Å². The number of nitriles is 1. The summed E-state index contributed by atoms with van der Waals surface area (Å²) in [5, 5.41) is 9.77. The Kier molecular flexibility index (Phi) is 2.13. The molecule has 2 N–H and O–H groups in total. The lowest BCUT2D eigenvalue weighted by Gasteiger charge is -2.36. The van der Waals surface area contributed by atoms with Gasteiger partial charge in [-0.2, -0.15) is 5.26 Å². The smallest absolute Gasteiger partial charge is 0.0842 e. The van der Waals surface area contributed by atoms with E-state index in [9.17, 15) is 0 Å². The predicted octanol–water partition coefficient (Wildman–Crippen LogP) is 2.87. The molecule has 1 saturated carbocycles. The minimum Gasteiger partial charge on any atom is -0.398 e. The van der Waals surface area contributed by atoms with E-state index in [1.54, 1.807) is 12.1 Å². The molecule has 0 bridgehead atoms. The third-order valence-electron chi connectivity index (χ3n) is 2.95. The summed E-state index contributed by atoms with van der Waals surface area (Å²) in [7, 11) is 0. The Hall–Kier alpha value is -1.20. The summed E-state index contributed by atoms with van der Waals surface area (Å²) in [6.45, 7) is 0. The van der Waals surface area contributed by atoms with E-state index in [0.717, 1.165) is 24.8 Å². The van der Waals surface area contributed by atoms with Gasteiger partial charge in [0, 0.05) is 10.7 Å². The van der Waals surface area contributed by atoms with Gasteiger partial charge in [-0.05, 0) is 37.0 Å². The first-order chi connectivity index (χ1) is 6.68. The third-order valence-corrected chi connectivity index (χ3v) is 3.19.